The molecule has 1 amide bonds. The molecule has 92 valence electrons. The molecule has 1 N–H and O–H groups in total. The molecule has 1 saturated heterocycles. The van der Waals surface area contributed by atoms with Gasteiger partial charge >= 0.3 is 5.97 Å². The second-order valence-electron chi connectivity index (χ2n) is 4.02. The van der Waals surface area contributed by atoms with E-state index in [1.54, 1.807) is 11.8 Å². The molecule has 0 aromatic heterocycles. The third-order valence-electron chi connectivity index (χ3n) is 2.64. The van der Waals surface area contributed by atoms with Gasteiger partial charge in [0, 0.05) is 29.1 Å². The number of amides is 1. The standard InChI is InChI=1S/C10H17NO4S/c1-8(6-10(13)14)16(15)7-9(12)11-4-2-3-5-11/h8H,2-7H2,1H3,(H,13,14). The molecule has 2 unspecified atom stereocenters. The van der Waals surface area contributed by atoms with Crippen molar-refractivity contribution in [3.05, 3.63) is 0 Å². The summed E-state index contributed by atoms with van der Waals surface area (Å²) in [6.07, 6.45) is 1.85. The van der Waals surface area contributed by atoms with Crippen molar-refractivity contribution in [3.63, 3.8) is 0 Å². The van der Waals surface area contributed by atoms with E-state index in [4.69, 9.17) is 5.11 Å². The highest BCUT2D eigenvalue weighted by Gasteiger charge is 2.23. The Kier molecular flexibility index (Phi) is 4.92. The molecule has 0 aromatic rings. The van der Waals surface area contributed by atoms with Crippen molar-refractivity contribution in [1.29, 1.82) is 0 Å². The summed E-state index contributed by atoms with van der Waals surface area (Å²) >= 11 is 0. The van der Waals surface area contributed by atoms with Crippen LogP contribution in [0, 0.1) is 0 Å². The van der Waals surface area contributed by atoms with Gasteiger partial charge in [-0.15, -0.1) is 0 Å². The normalized spacial score (nSPS) is 19.4. The van der Waals surface area contributed by atoms with Crippen LogP contribution in [-0.2, 0) is 20.4 Å². The molecule has 5 nitrogen and oxygen atoms in total. The Hall–Kier alpha value is -0.910. The van der Waals surface area contributed by atoms with Crippen molar-refractivity contribution < 1.29 is 18.9 Å². The van der Waals surface area contributed by atoms with Crippen LogP contribution in [-0.4, -0.2) is 50.2 Å². The Morgan fingerprint density at radius 3 is 2.44 bits per heavy atom. The lowest BCUT2D eigenvalue weighted by Crippen LogP contribution is -2.34. The number of carboxylic acids is 1. The third-order valence-corrected chi connectivity index (χ3v) is 4.23. The summed E-state index contributed by atoms with van der Waals surface area (Å²) in [5.74, 6) is -1.14. The molecule has 1 fully saturated rings. The number of carbonyl (C=O) groups is 2. The minimum absolute atomic E-state index is 0.0472. The van der Waals surface area contributed by atoms with Crippen LogP contribution in [0.25, 0.3) is 0 Å². The number of carbonyl (C=O) groups excluding carboxylic acids is 1. The summed E-state index contributed by atoms with van der Waals surface area (Å²) in [7, 11) is -1.38. The predicted molar refractivity (Wildman–Crippen MR) is 60.5 cm³/mol. The Labute approximate surface area is 97.3 Å². The molecule has 1 aliphatic rings. The first-order valence-electron chi connectivity index (χ1n) is 5.37. The first-order chi connectivity index (χ1) is 7.50. The van der Waals surface area contributed by atoms with E-state index < -0.39 is 22.0 Å². The lowest BCUT2D eigenvalue weighted by Gasteiger charge is -2.16. The lowest BCUT2D eigenvalue weighted by atomic mass is 10.3. The Bertz CT molecular complexity index is 299. The van der Waals surface area contributed by atoms with Crippen LogP contribution in [0.5, 0.6) is 0 Å². The average molecular weight is 247 g/mol. The first kappa shape index (κ1) is 13.2. The maximum absolute atomic E-state index is 11.6. The molecule has 0 bridgehead atoms. The van der Waals surface area contributed by atoms with Gasteiger partial charge in [0.05, 0.1) is 6.42 Å². The summed E-state index contributed by atoms with van der Waals surface area (Å²) in [6.45, 7) is 3.08. The monoisotopic (exact) mass is 247 g/mol. The molecule has 0 aromatic carbocycles. The topological polar surface area (TPSA) is 74.7 Å². The zero-order valence-electron chi connectivity index (χ0n) is 9.35. The smallest absolute Gasteiger partial charge is 0.304 e. The highest BCUT2D eigenvalue weighted by atomic mass is 32.2. The SMILES string of the molecule is CC(CC(=O)O)S(=O)CC(=O)N1CCCC1. The molecule has 1 aliphatic heterocycles. The molecule has 1 rings (SSSR count). The van der Waals surface area contributed by atoms with Crippen LogP contribution >= 0.6 is 0 Å². The molecule has 6 heteroatoms. The lowest BCUT2D eigenvalue weighted by molar-refractivity contribution is -0.137. The van der Waals surface area contributed by atoms with E-state index in [9.17, 15) is 13.8 Å². The van der Waals surface area contributed by atoms with E-state index in [0.717, 1.165) is 25.9 Å². The van der Waals surface area contributed by atoms with Gasteiger partial charge in [-0.25, -0.2) is 0 Å². The van der Waals surface area contributed by atoms with Gasteiger partial charge in [0.1, 0.15) is 5.75 Å². The Morgan fingerprint density at radius 2 is 1.94 bits per heavy atom. The van der Waals surface area contributed by atoms with E-state index in [2.05, 4.69) is 0 Å². The molecule has 0 saturated carbocycles. The highest BCUT2D eigenvalue weighted by molar-refractivity contribution is 7.86. The van der Waals surface area contributed by atoms with Gasteiger partial charge in [0.2, 0.25) is 5.91 Å². The minimum Gasteiger partial charge on any atom is -0.481 e. The van der Waals surface area contributed by atoms with E-state index in [0.29, 0.717) is 0 Å². The summed E-state index contributed by atoms with van der Waals surface area (Å²) in [5.41, 5.74) is 0. The van der Waals surface area contributed by atoms with Gasteiger partial charge in [0.15, 0.2) is 0 Å². The fourth-order valence-electron chi connectivity index (χ4n) is 1.66. The summed E-state index contributed by atoms with van der Waals surface area (Å²) in [5, 5.41) is 8.08. The maximum atomic E-state index is 11.6. The number of rotatable bonds is 5. The quantitative estimate of drug-likeness (QED) is 0.754. The third kappa shape index (κ3) is 3.92. The minimum atomic E-state index is -1.38. The number of carboxylic acid groups (broad SMARTS) is 1. The van der Waals surface area contributed by atoms with Crippen LogP contribution in [0.3, 0.4) is 0 Å². The Morgan fingerprint density at radius 1 is 1.38 bits per heavy atom. The zero-order chi connectivity index (χ0) is 12.1. The van der Waals surface area contributed by atoms with Gasteiger partial charge in [-0.3, -0.25) is 13.8 Å². The Balaban J connectivity index is 2.37. The highest BCUT2D eigenvalue weighted by Crippen LogP contribution is 2.09. The predicted octanol–water partition coefficient (Wildman–Crippen LogP) is 0.221. The van der Waals surface area contributed by atoms with Crippen LogP contribution in [0.2, 0.25) is 0 Å². The van der Waals surface area contributed by atoms with Crippen molar-refractivity contribution in [2.75, 3.05) is 18.8 Å². The van der Waals surface area contributed by atoms with Crippen LogP contribution in [0.15, 0.2) is 0 Å². The van der Waals surface area contributed by atoms with Gasteiger partial charge in [0.25, 0.3) is 0 Å². The van der Waals surface area contributed by atoms with Gasteiger partial charge in [-0.2, -0.15) is 0 Å². The number of hydrogen-bond donors (Lipinski definition) is 1. The van der Waals surface area contributed by atoms with Crippen molar-refractivity contribution in [3.8, 4) is 0 Å². The van der Waals surface area contributed by atoms with Crippen molar-refractivity contribution in [2.45, 2.75) is 31.4 Å². The molecule has 0 radical (unpaired) electrons. The molecule has 2 atom stereocenters. The molecule has 0 aliphatic carbocycles. The maximum Gasteiger partial charge on any atom is 0.304 e. The molecule has 1 heterocycles. The van der Waals surface area contributed by atoms with Crippen LogP contribution in [0.4, 0.5) is 0 Å². The summed E-state index contributed by atoms with van der Waals surface area (Å²) in [6, 6.07) is 0. The zero-order valence-corrected chi connectivity index (χ0v) is 10.2. The average Bonchev–Trinajstić information content (AvgIpc) is 2.68. The fraction of sp³-hybridized carbons (Fsp3) is 0.800. The van der Waals surface area contributed by atoms with E-state index in [1.165, 1.54) is 0 Å². The molecule has 0 spiro atoms. The first-order valence-corrected chi connectivity index (χ1v) is 6.75. The van der Waals surface area contributed by atoms with Crippen molar-refractivity contribution in [1.82, 2.24) is 4.90 Å². The number of nitrogens with zero attached hydrogens (tertiary/aromatic N) is 1. The van der Waals surface area contributed by atoms with Crippen molar-refractivity contribution in [2.24, 2.45) is 0 Å². The second kappa shape index (κ2) is 5.98. The summed E-state index contributed by atoms with van der Waals surface area (Å²) in [4.78, 5) is 23.8. The number of likely N-dealkylation sites (tertiary alicyclic amines) is 1. The number of hydrogen-bond acceptors (Lipinski definition) is 3. The number of aliphatic carboxylic acids is 1. The second-order valence-corrected chi connectivity index (χ2v) is 5.88. The van der Waals surface area contributed by atoms with Crippen LogP contribution < -0.4 is 0 Å². The van der Waals surface area contributed by atoms with Crippen molar-refractivity contribution >= 4 is 22.7 Å². The van der Waals surface area contributed by atoms with Gasteiger partial charge in [-0.05, 0) is 12.8 Å². The van der Waals surface area contributed by atoms with E-state index >= 15 is 0 Å². The van der Waals surface area contributed by atoms with Gasteiger partial charge < -0.3 is 10.0 Å². The van der Waals surface area contributed by atoms with E-state index in [-0.39, 0.29) is 18.1 Å². The summed E-state index contributed by atoms with van der Waals surface area (Å²) < 4.78 is 11.6. The fourth-order valence-corrected chi connectivity index (χ4v) is 2.70. The van der Waals surface area contributed by atoms with E-state index in [1.807, 2.05) is 0 Å². The molecule has 16 heavy (non-hydrogen) atoms. The van der Waals surface area contributed by atoms with Gasteiger partial charge in [-0.1, -0.05) is 6.92 Å². The molecular formula is C10H17NO4S. The molecular weight excluding hydrogens is 230 g/mol. The van der Waals surface area contributed by atoms with Crippen LogP contribution in [0.1, 0.15) is 26.2 Å². The largest absolute Gasteiger partial charge is 0.481 e.